The molecule has 2 aromatic rings. The Morgan fingerprint density at radius 2 is 1.75 bits per heavy atom. The van der Waals surface area contributed by atoms with Gasteiger partial charge in [0, 0.05) is 12.1 Å². The van der Waals surface area contributed by atoms with Crippen molar-refractivity contribution < 1.29 is 9.59 Å². The van der Waals surface area contributed by atoms with Gasteiger partial charge in [-0.3, -0.25) is 9.59 Å². The molecular weight excluding hydrogens is 302 g/mol. The highest BCUT2D eigenvalue weighted by Crippen LogP contribution is 2.08. The molecule has 2 amide bonds. The Morgan fingerprint density at radius 1 is 1.04 bits per heavy atom. The summed E-state index contributed by atoms with van der Waals surface area (Å²) in [5.41, 5.74) is 3.93. The monoisotopic (exact) mass is 321 g/mol. The lowest BCUT2D eigenvalue weighted by atomic mass is 10.1. The molecule has 5 heteroatoms. The Hall–Kier alpha value is -3.13. The van der Waals surface area contributed by atoms with Crippen molar-refractivity contribution >= 4 is 11.8 Å². The van der Waals surface area contributed by atoms with Gasteiger partial charge in [-0.15, -0.1) is 0 Å². The first kappa shape index (κ1) is 17.2. The van der Waals surface area contributed by atoms with Crippen LogP contribution in [-0.2, 0) is 11.3 Å². The minimum Gasteiger partial charge on any atom is -0.350 e. The molecule has 0 aliphatic carbocycles. The molecule has 0 aromatic heterocycles. The Kier molecular flexibility index (Phi) is 5.69. The van der Waals surface area contributed by atoms with Gasteiger partial charge in [-0.05, 0) is 43.7 Å². The van der Waals surface area contributed by atoms with E-state index in [1.165, 1.54) is 0 Å². The molecule has 0 heterocycles. The molecule has 0 saturated carbocycles. The number of carbonyl (C=O) groups is 2. The normalized spacial score (nSPS) is 9.88. The first-order valence-corrected chi connectivity index (χ1v) is 7.60. The molecule has 0 spiro atoms. The average molecular weight is 321 g/mol. The first-order valence-electron chi connectivity index (χ1n) is 7.60. The minimum atomic E-state index is -0.282. The van der Waals surface area contributed by atoms with Crippen molar-refractivity contribution in [3.8, 4) is 6.07 Å². The molecule has 0 saturated heterocycles. The van der Waals surface area contributed by atoms with Gasteiger partial charge in [-0.1, -0.05) is 29.3 Å². The number of amides is 2. The molecule has 0 fully saturated rings. The van der Waals surface area contributed by atoms with Crippen LogP contribution in [-0.4, -0.2) is 18.4 Å². The highest BCUT2D eigenvalue weighted by atomic mass is 16.2. The van der Waals surface area contributed by atoms with E-state index in [2.05, 4.69) is 16.7 Å². The Labute approximate surface area is 141 Å². The Morgan fingerprint density at radius 3 is 2.42 bits per heavy atom. The zero-order chi connectivity index (χ0) is 17.5. The molecule has 0 aliphatic heterocycles. The zero-order valence-electron chi connectivity index (χ0n) is 13.7. The number of hydrogen-bond acceptors (Lipinski definition) is 3. The number of benzene rings is 2. The number of hydrogen-bond donors (Lipinski definition) is 2. The summed E-state index contributed by atoms with van der Waals surface area (Å²) in [5.74, 6) is -0.557. The van der Waals surface area contributed by atoms with Gasteiger partial charge < -0.3 is 10.6 Å². The molecule has 0 bridgehead atoms. The van der Waals surface area contributed by atoms with Crippen LogP contribution >= 0.6 is 0 Å². The molecule has 0 aliphatic rings. The fourth-order valence-electron chi connectivity index (χ4n) is 2.38. The van der Waals surface area contributed by atoms with Crippen molar-refractivity contribution in [2.24, 2.45) is 0 Å². The van der Waals surface area contributed by atoms with Crippen molar-refractivity contribution in [3.63, 3.8) is 0 Å². The summed E-state index contributed by atoms with van der Waals surface area (Å²) in [4.78, 5) is 23.9. The van der Waals surface area contributed by atoms with Crippen LogP contribution in [0.15, 0.2) is 42.5 Å². The van der Waals surface area contributed by atoms with Gasteiger partial charge >= 0.3 is 0 Å². The Bertz CT molecular complexity index is 786. The number of nitrogens with one attached hydrogen (secondary N) is 2. The third-order valence-electron chi connectivity index (χ3n) is 3.44. The molecule has 0 radical (unpaired) electrons. The molecule has 2 rings (SSSR count). The standard InChI is InChI=1S/C19H19N3O2/c1-13-6-14(2)8-17(7-13)19(24)22-12-18(23)21-11-16-5-3-4-15(9-16)10-20/h3-9H,11-12H2,1-2H3,(H,21,23)(H,22,24). The molecule has 2 aromatic carbocycles. The Balaban J connectivity index is 1.84. The summed E-state index contributed by atoms with van der Waals surface area (Å²) >= 11 is 0. The number of nitriles is 1. The molecular formula is C19H19N3O2. The quantitative estimate of drug-likeness (QED) is 0.886. The lowest BCUT2D eigenvalue weighted by molar-refractivity contribution is -0.120. The van der Waals surface area contributed by atoms with Gasteiger partial charge in [-0.2, -0.15) is 5.26 Å². The van der Waals surface area contributed by atoms with Crippen LogP contribution < -0.4 is 10.6 Å². The average Bonchev–Trinajstić information content (AvgIpc) is 2.57. The van der Waals surface area contributed by atoms with Crippen molar-refractivity contribution in [3.05, 3.63) is 70.3 Å². The summed E-state index contributed by atoms with van der Waals surface area (Å²) in [5, 5.41) is 14.2. The summed E-state index contributed by atoms with van der Waals surface area (Å²) < 4.78 is 0. The predicted octanol–water partition coefficient (Wildman–Crippen LogP) is 2.22. The fraction of sp³-hybridized carbons (Fsp3) is 0.211. The number of rotatable bonds is 5. The van der Waals surface area contributed by atoms with Gasteiger partial charge in [0.05, 0.1) is 18.2 Å². The third kappa shape index (κ3) is 4.96. The van der Waals surface area contributed by atoms with E-state index < -0.39 is 0 Å². The van der Waals surface area contributed by atoms with Crippen molar-refractivity contribution in [2.45, 2.75) is 20.4 Å². The number of aryl methyl sites for hydroxylation is 2. The van der Waals surface area contributed by atoms with E-state index in [1.807, 2.05) is 26.0 Å². The summed E-state index contributed by atoms with van der Waals surface area (Å²) in [6.07, 6.45) is 0. The van der Waals surface area contributed by atoms with Crippen LogP contribution in [0.4, 0.5) is 0 Å². The van der Waals surface area contributed by atoms with E-state index in [1.54, 1.807) is 30.3 Å². The van der Waals surface area contributed by atoms with E-state index in [0.717, 1.165) is 16.7 Å². The van der Waals surface area contributed by atoms with Gasteiger partial charge in [0.2, 0.25) is 5.91 Å². The van der Waals surface area contributed by atoms with Crippen LogP contribution in [0.5, 0.6) is 0 Å². The fourth-order valence-corrected chi connectivity index (χ4v) is 2.38. The van der Waals surface area contributed by atoms with Crippen molar-refractivity contribution in [1.82, 2.24) is 10.6 Å². The van der Waals surface area contributed by atoms with Gasteiger partial charge in [-0.25, -0.2) is 0 Å². The predicted molar refractivity (Wildman–Crippen MR) is 91.3 cm³/mol. The summed E-state index contributed by atoms with van der Waals surface area (Å²) in [6.45, 7) is 4.06. The van der Waals surface area contributed by atoms with E-state index in [4.69, 9.17) is 5.26 Å². The zero-order valence-corrected chi connectivity index (χ0v) is 13.7. The molecule has 5 nitrogen and oxygen atoms in total. The maximum absolute atomic E-state index is 12.1. The van der Waals surface area contributed by atoms with E-state index in [9.17, 15) is 9.59 Å². The van der Waals surface area contributed by atoms with E-state index in [0.29, 0.717) is 17.7 Å². The lowest BCUT2D eigenvalue weighted by Gasteiger charge is -2.08. The molecule has 0 atom stereocenters. The van der Waals surface area contributed by atoms with Gasteiger partial charge in [0.25, 0.3) is 5.91 Å². The first-order chi connectivity index (χ1) is 11.5. The maximum Gasteiger partial charge on any atom is 0.251 e. The van der Waals surface area contributed by atoms with Crippen LogP contribution in [0.25, 0.3) is 0 Å². The number of nitrogens with zero attached hydrogens (tertiary/aromatic N) is 1. The van der Waals surface area contributed by atoms with Crippen LogP contribution in [0.2, 0.25) is 0 Å². The van der Waals surface area contributed by atoms with Crippen molar-refractivity contribution in [2.75, 3.05) is 6.54 Å². The SMILES string of the molecule is Cc1cc(C)cc(C(=O)NCC(=O)NCc2cccc(C#N)c2)c1. The molecule has 0 unspecified atom stereocenters. The van der Waals surface area contributed by atoms with Crippen LogP contribution in [0, 0.1) is 25.2 Å². The second-order valence-corrected chi connectivity index (χ2v) is 5.65. The largest absolute Gasteiger partial charge is 0.350 e. The molecule has 24 heavy (non-hydrogen) atoms. The van der Waals surface area contributed by atoms with Crippen LogP contribution in [0.3, 0.4) is 0 Å². The number of carbonyl (C=O) groups excluding carboxylic acids is 2. The second kappa shape index (κ2) is 7.93. The highest BCUT2D eigenvalue weighted by Gasteiger charge is 2.09. The van der Waals surface area contributed by atoms with E-state index in [-0.39, 0.29) is 18.4 Å². The minimum absolute atomic E-state index is 0.0935. The van der Waals surface area contributed by atoms with E-state index >= 15 is 0 Å². The topological polar surface area (TPSA) is 82.0 Å². The maximum atomic E-state index is 12.1. The van der Waals surface area contributed by atoms with Gasteiger partial charge in [0.15, 0.2) is 0 Å². The molecule has 122 valence electrons. The van der Waals surface area contributed by atoms with Crippen molar-refractivity contribution in [1.29, 1.82) is 5.26 Å². The molecule has 2 N–H and O–H groups in total. The summed E-state index contributed by atoms with van der Waals surface area (Å²) in [7, 11) is 0. The summed E-state index contributed by atoms with van der Waals surface area (Å²) in [6, 6.07) is 14.6. The second-order valence-electron chi connectivity index (χ2n) is 5.65. The third-order valence-corrected chi connectivity index (χ3v) is 3.44. The van der Waals surface area contributed by atoms with Gasteiger partial charge in [0.1, 0.15) is 0 Å². The van der Waals surface area contributed by atoms with Crippen LogP contribution in [0.1, 0.15) is 32.6 Å². The highest BCUT2D eigenvalue weighted by molar-refractivity contribution is 5.96. The smallest absolute Gasteiger partial charge is 0.251 e. The lowest BCUT2D eigenvalue weighted by Crippen LogP contribution is -2.36.